The van der Waals surface area contributed by atoms with Gasteiger partial charge in [-0.15, -0.1) is 10.2 Å². The van der Waals surface area contributed by atoms with E-state index in [0.717, 1.165) is 43.3 Å². The summed E-state index contributed by atoms with van der Waals surface area (Å²) >= 11 is 0. The minimum Gasteiger partial charge on any atom is -0.353 e. The van der Waals surface area contributed by atoms with Crippen molar-refractivity contribution in [2.75, 3.05) is 24.5 Å². The molecule has 0 radical (unpaired) electrons. The van der Waals surface area contributed by atoms with Crippen LogP contribution >= 0.6 is 0 Å². The molecule has 1 fully saturated rings. The Kier molecular flexibility index (Phi) is 3.10. The molecular formula is C13H20N6. The van der Waals surface area contributed by atoms with E-state index in [1.807, 2.05) is 23.7 Å². The highest BCUT2D eigenvalue weighted by Gasteiger charge is 2.27. The smallest absolute Gasteiger partial charge is 0.203 e. The Bertz CT molecular complexity index is 578. The summed E-state index contributed by atoms with van der Waals surface area (Å²) in [5.41, 5.74) is 6.71. The maximum absolute atomic E-state index is 5.87. The molecule has 1 saturated heterocycles. The summed E-state index contributed by atoms with van der Waals surface area (Å²) in [7, 11) is 0. The number of aromatic nitrogens is 4. The van der Waals surface area contributed by atoms with E-state index < -0.39 is 0 Å². The molecule has 2 aromatic heterocycles. The molecule has 0 spiro atoms. The van der Waals surface area contributed by atoms with Gasteiger partial charge in [0.15, 0.2) is 5.82 Å². The first-order valence-electron chi connectivity index (χ1n) is 6.82. The minimum atomic E-state index is 0.528. The molecule has 102 valence electrons. The Labute approximate surface area is 112 Å². The zero-order chi connectivity index (χ0) is 13.4. The average Bonchev–Trinajstić information content (AvgIpc) is 2.81. The molecule has 2 N–H and O–H groups in total. The Morgan fingerprint density at radius 2 is 2.26 bits per heavy atom. The number of nitrogens with zero attached hydrogens (tertiary/aromatic N) is 5. The molecule has 0 amide bonds. The third kappa shape index (κ3) is 2.06. The summed E-state index contributed by atoms with van der Waals surface area (Å²) in [6, 6.07) is 0. The first-order chi connectivity index (χ1) is 9.20. The van der Waals surface area contributed by atoms with Crippen molar-refractivity contribution >= 4 is 11.5 Å². The third-order valence-electron chi connectivity index (χ3n) is 4.20. The number of hydrogen-bond acceptors (Lipinski definition) is 5. The van der Waals surface area contributed by atoms with Gasteiger partial charge < -0.3 is 10.6 Å². The molecule has 3 heterocycles. The van der Waals surface area contributed by atoms with Crippen LogP contribution in [0, 0.1) is 18.8 Å². The van der Waals surface area contributed by atoms with Crippen molar-refractivity contribution in [3.05, 3.63) is 18.2 Å². The maximum atomic E-state index is 5.87. The van der Waals surface area contributed by atoms with Gasteiger partial charge in [0.1, 0.15) is 5.82 Å². The number of aryl methyl sites for hydroxylation is 1. The van der Waals surface area contributed by atoms with Crippen LogP contribution in [-0.4, -0.2) is 39.2 Å². The van der Waals surface area contributed by atoms with Crippen LogP contribution in [0.3, 0.4) is 0 Å². The summed E-state index contributed by atoms with van der Waals surface area (Å²) in [6.45, 7) is 6.92. The molecule has 0 bridgehead atoms. The van der Waals surface area contributed by atoms with Gasteiger partial charge in [-0.1, -0.05) is 6.92 Å². The SMILES string of the molecule is Cc1nnc2c(N3CCC(C)C(CN)C3)nccn12. The van der Waals surface area contributed by atoms with Crippen molar-refractivity contribution in [1.29, 1.82) is 0 Å². The molecule has 6 heteroatoms. The molecule has 1 aliphatic rings. The van der Waals surface area contributed by atoms with E-state index in [-0.39, 0.29) is 0 Å². The van der Waals surface area contributed by atoms with Crippen LogP contribution in [0.5, 0.6) is 0 Å². The first kappa shape index (κ1) is 12.3. The zero-order valence-electron chi connectivity index (χ0n) is 11.5. The van der Waals surface area contributed by atoms with E-state index in [1.54, 1.807) is 0 Å². The van der Waals surface area contributed by atoms with Gasteiger partial charge in [0.25, 0.3) is 0 Å². The van der Waals surface area contributed by atoms with Crippen LogP contribution in [0.4, 0.5) is 5.82 Å². The molecular weight excluding hydrogens is 240 g/mol. The molecule has 2 unspecified atom stereocenters. The van der Waals surface area contributed by atoms with Crippen molar-refractivity contribution in [1.82, 2.24) is 19.6 Å². The number of hydrogen-bond donors (Lipinski definition) is 1. The maximum Gasteiger partial charge on any atom is 0.203 e. The van der Waals surface area contributed by atoms with Gasteiger partial charge in [-0.3, -0.25) is 4.40 Å². The lowest BCUT2D eigenvalue weighted by molar-refractivity contribution is 0.307. The van der Waals surface area contributed by atoms with E-state index in [0.29, 0.717) is 11.8 Å². The summed E-state index contributed by atoms with van der Waals surface area (Å²) in [6.07, 6.45) is 4.87. The second-order valence-electron chi connectivity index (χ2n) is 5.40. The molecule has 0 aromatic carbocycles. The van der Waals surface area contributed by atoms with Crippen LogP contribution in [0.1, 0.15) is 19.2 Å². The van der Waals surface area contributed by atoms with Crippen molar-refractivity contribution < 1.29 is 0 Å². The largest absolute Gasteiger partial charge is 0.353 e. The molecule has 3 rings (SSSR count). The van der Waals surface area contributed by atoms with Crippen LogP contribution in [0.15, 0.2) is 12.4 Å². The summed E-state index contributed by atoms with van der Waals surface area (Å²) in [5.74, 6) is 3.02. The monoisotopic (exact) mass is 260 g/mol. The second-order valence-corrected chi connectivity index (χ2v) is 5.40. The Morgan fingerprint density at radius 1 is 1.42 bits per heavy atom. The highest BCUT2D eigenvalue weighted by molar-refractivity contribution is 5.63. The fourth-order valence-electron chi connectivity index (χ4n) is 2.80. The Hall–Kier alpha value is -1.69. The molecule has 2 atom stereocenters. The van der Waals surface area contributed by atoms with E-state index in [9.17, 15) is 0 Å². The Balaban J connectivity index is 1.96. The lowest BCUT2D eigenvalue weighted by atomic mass is 9.87. The average molecular weight is 260 g/mol. The van der Waals surface area contributed by atoms with Crippen LogP contribution in [-0.2, 0) is 0 Å². The van der Waals surface area contributed by atoms with Crippen LogP contribution in [0.2, 0.25) is 0 Å². The molecule has 0 saturated carbocycles. The number of nitrogens with two attached hydrogens (primary N) is 1. The fourth-order valence-corrected chi connectivity index (χ4v) is 2.80. The van der Waals surface area contributed by atoms with Crippen molar-refractivity contribution in [2.24, 2.45) is 17.6 Å². The summed E-state index contributed by atoms with van der Waals surface area (Å²) in [4.78, 5) is 6.79. The van der Waals surface area contributed by atoms with Crippen LogP contribution in [0.25, 0.3) is 5.65 Å². The minimum absolute atomic E-state index is 0.528. The molecule has 1 aliphatic heterocycles. The zero-order valence-corrected chi connectivity index (χ0v) is 11.5. The van der Waals surface area contributed by atoms with Gasteiger partial charge in [-0.05, 0) is 31.7 Å². The number of piperidine rings is 1. The van der Waals surface area contributed by atoms with E-state index in [1.165, 1.54) is 0 Å². The molecule has 19 heavy (non-hydrogen) atoms. The lowest BCUT2D eigenvalue weighted by Crippen LogP contribution is -2.43. The van der Waals surface area contributed by atoms with Gasteiger partial charge in [-0.25, -0.2) is 4.98 Å². The van der Waals surface area contributed by atoms with Gasteiger partial charge in [0.2, 0.25) is 5.65 Å². The highest BCUT2D eigenvalue weighted by Crippen LogP contribution is 2.27. The predicted molar refractivity (Wildman–Crippen MR) is 74.1 cm³/mol. The number of fused-ring (bicyclic) bond motifs is 1. The molecule has 6 nitrogen and oxygen atoms in total. The number of rotatable bonds is 2. The first-order valence-corrected chi connectivity index (χ1v) is 6.82. The van der Waals surface area contributed by atoms with E-state index >= 15 is 0 Å². The van der Waals surface area contributed by atoms with Crippen molar-refractivity contribution in [3.8, 4) is 0 Å². The second kappa shape index (κ2) is 4.77. The normalized spacial score (nSPS) is 24.1. The standard InChI is InChI=1S/C13H20N6/c1-9-3-5-18(8-11(9)7-14)12-13-17-16-10(2)19(13)6-4-15-12/h4,6,9,11H,3,5,7-8,14H2,1-2H3. The predicted octanol–water partition coefficient (Wildman–Crippen LogP) is 0.854. The molecule has 2 aromatic rings. The topological polar surface area (TPSA) is 72.3 Å². The lowest BCUT2D eigenvalue weighted by Gasteiger charge is -2.37. The summed E-state index contributed by atoms with van der Waals surface area (Å²) < 4.78 is 1.98. The molecule has 0 aliphatic carbocycles. The van der Waals surface area contributed by atoms with Gasteiger partial charge in [-0.2, -0.15) is 0 Å². The quantitative estimate of drug-likeness (QED) is 0.867. The highest BCUT2D eigenvalue weighted by atomic mass is 15.3. The number of anilines is 1. The van der Waals surface area contributed by atoms with E-state index in [2.05, 4.69) is 27.0 Å². The van der Waals surface area contributed by atoms with Gasteiger partial charge in [0.05, 0.1) is 0 Å². The van der Waals surface area contributed by atoms with Gasteiger partial charge >= 0.3 is 0 Å². The Morgan fingerprint density at radius 3 is 3.05 bits per heavy atom. The van der Waals surface area contributed by atoms with E-state index in [4.69, 9.17) is 5.73 Å². The van der Waals surface area contributed by atoms with Gasteiger partial charge in [0, 0.05) is 25.5 Å². The fraction of sp³-hybridized carbons (Fsp3) is 0.615. The summed E-state index contributed by atoms with van der Waals surface area (Å²) in [5, 5.41) is 8.37. The van der Waals surface area contributed by atoms with Crippen LogP contribution < -0.4 is 10.6 Å². The van der Waals surface area contributed by atoms with Crippen molar-refractivity contribution in [3.63, 3.8) is 0 Å². The third-order valence-corrected chi connectivity index (χ3v) is 4.20. The van der Waals surface area contributed by atoms with Crippen molar-refractivity contribution in [2.45, 2.75) is 20.3 Å².